The van der Waals surface area contributed by atoms with E-state index in [2.05, 4.69) is 6.58 Å². The summed E-state index contributed by atoms with van der Waals surface area (Å²) in [5.74, 6) is -0.405. The first-order chi connectivity index (χ1) is 5.95. The summed E-state index contributed by atoms with van der Waals surface area (Å²) < 4.78 is 5.13. The van der Waals surface area contributed by atoms with Crippen LogP contribution in [-0.2, 0) is 9.53 Å². The van der Waals surface area contributed by atoms with Gasteiger partial charge in [0.1, 0.15) is 0 Å². The summed E-state index contributed by atoms with van der Waals surface area (Å²) in [4.78, 5) is 11.2. The summed E-state index contributed by atoms with van der Waals surface area (Å²) in [6.45, 7) is 9.03. The van der Waals surface area contributed by atoms with E-state index in [9.17, 15) is 4.79 Å². The molecule has 0 aromatic rings. The maximum atomic E-state index is 11.2. The molecule has 3 nitrogen and oxygen atoms in total. The third-order valence-corrected chi connectivity index (χ3v) is 1.92. The molecular weight excluding hydrogens is 166 g/mol. The van der Waals surface area contributed by atoms with E-state index in [0.717, 1.165) is 6.42 Å². The molecule has 0 aromatic heterocycles. The van der Waals surface area contributed by atoms with Crippen molar-refractivity contribution in [3.05, 3.63) is 12.2 Å². The lowest BCUT2D eigenvalue weighted by molar-refractivity contribution is -0.155. The van der Waals surface area contributed by atoms with E-state index in [1.165, 1.54) is 0 Å². The van der Waals surface area contributed by atoms with Crippen molar-refractivity contribution in [2.75, 3.05) is 0 Å². The Kier molecular flexibility index (Phi) is 4.70. The summed E-state index contributed by atoms with van der Waals surface area (Å²) in [7, 11) is 0. The molecule has 0 radical (unpaired) electrons. The summed E-state index contributed by atoms with van der Waals surface area (Å²) in [6.07, 6.45) is 2.20. The van der Waals surface area contributed by atoms with E-state index in [1.54, 1.807) is 6.92 Å². The normalized spacial score (nSPS) is 14.8. The van der Waals surface area contributed by atoms with Crippen LogP contribution in [0.3, 0.4) is 0 Å². The smallest absolute Gasteiger partial charge is 0.334 e. The van der Waals surface area contributed by atoms with Crippen LogP contribution >= 0.6 is 0 Å². The quantitative estimate of drug-likeness (QED) is 0.405. The van der Waals surface area contributed by atoms with Gasteiger partial charge in [-0.05, 0) is 13.3 Å². The molecule has 0 aromatic carbocycles. The van der Waals surface area contributed by atoms with Crippen LogP contribution in [0.4, 0.5) is 0 Å². The van der Waals surface area contributed by atoms with Gasteiger partial charge in [0, 0.05) is 12.0 Å². The molecule has 0 saturated carbocycles. The Bertz CT molecular complexity index is 201. The minimum atomic E-state index is -0.815. The number of hydrogen-bond donors (Lipinski definition) is 1. The Morgan fingerprint density at radius 1 is 1.54 bits per heavy atom. The van der Waals surface area contributed by atoms with Crippen molar-refractivity contribution < 1.29 is 9.53 Å². The second-order valence-corrected chi connectivity index (χ2v) is 3.34. The molecule has 1 unspecified atom stereocenters. The highest BCUT2D eigenvalue weighted by Crippen LogP contribution is 2.17. The van der Waals surface area contributed by atoms with Crippen LogP contribution in [0.25, 0.3) is 0 Å². The van der Waals surface area contributed by atoms with E-state index in [1.807, 2.05) is 13.8 Å². The van der Waals surface area contributed by atoms with Crippen molar-refractivity contribution in [3.8, 4) is 0 Å². The van der Waals surface area contributed by atoms with Crippen LogP contribution in [0.1, 0.15) is 40.0 Å². The van der Waals surface area contributed by atoms with Crippen LogP contribution in [0, 0.1) is 0 Å². The second-order valence-electron chi connectivity index (χ2n) is 3.34. The van der Waals surface area contributed by atoms with Crippen molar-refractivity contribution in [2.45, 2.75) is 45.8 Å². The van der Waals surface area contributed by atoms with Gasteiger partial charge in [-0.3, -0.25) is 5.73 Å². The Morgan fingerprint density at radius 3 is 2.38 bits per heavy atom. The number of esters is 1. The van der Waals surface area contributed by atoms with Gasteiger partial charge in [0.15, 0.2) is 5.72 Å². The van der Waals surface area contributed by atoms with Gasteiger partial charge < -0.3 is 4.74 Å². The molecule has 13 heavy (non-hydrogen) atoms. The molecule has 0 aliphatic rings. The SMILES string of the molecule is C=C(C)C(=O)OC(N)(CC)CCC. The fraction of sp³-hybridized carbons (Fsp3) is 0.700. The molecule has 0 saturated heterocycles. The maximum Gasteiger partial charge on any atom is 0.334 e. The molecule has 0 aliphatic carbocycles. The first kappa shape index (κ1) is 12.2. The van der Waals surface area contributed by atoms with Crippen LogP contribution in [0.15, 0.2) is 12.2 Å². The Labute approximate surface area is 79.9 Å². The van der Waals surface area contributed by atoms with Crippen molar-refractivity contribution in [1.29, 1.82) is 0 Å². The summed E-state index contributed by atoms with van der Waals surface area (Å²) in [5, 5.41) is 0. The van der Waals surface area contributed by atoms with Crippen LogP contribution < -0.4 is 5.73 Å². The molecule has 0 amide bonds. The van der Waals surface area contributed by atoms with E-state index in [-0.39, 0.29) is 0 Å². The van der Waals surface area contributed by atoms with Crippen LogP contribution in [0.2, 0.25) is 0 Å². The second kappa shape index (κ2) is 5.02. The molecule has 3 heteroatoms. The molecule has 1 atom stereocenters. The fourth-order valence-electron chi connectivity index (χ4n) is 0.995. The third-order valence-electron chi connectivity index (χ3n) is 1.92. The van der Waals surface area contributed by atoms with Gasteiger partial charge in [0.25, 0.3) is 0 Å². The number of hydrogen-bond acceptors (Lipinski definition) is 3. The van der Waals surface area contributed by atoms with Gasteiger partial charge in [-0.15, -0.1) is 0 Å². The first-order valence-corrected chi connectivity index (χ1v) is 4.63. The van der Waals surface area contributed by atoms with Crippen LogP contribution in [0.5, 0.6) is 0 Å². The molecule has 0 fully saturated rings. The minimum Gasteiger partial charge on any atom is -0.441 e. The fourth-order valence-corrected chi connectivity index (χ4v) is 0.995. The lowest BCUT2D eigenvalue weighted by Crippen LogP contribution is -2.43. The van der Waals surface area contributed by atoms with Gasteiger partial charge in [0.2, 0.25) is 0 Å². The zero-order valence-corrected chi connectivity index (χ0v) is 8.72. The Morgan fingerprint density at radius 2 is 2.08 bits per heavy atom. The Hall–Kier alpha value is -0.830. The average molecular weight is 185 g/mol. The predicted octanol–water partition coefficient (Wildman–Crippen LogP) is 1.97. The number of nitrogens with two attached hydrogens (primary N) is 1. The van der Waals surface area contributed by atoms with Gasteiger partial charge in [-0.1, -0.05) is 26.8 Å². The number of ether oxygens (including phenoxy) is 1. The van der Waals surface area contributed by atoms with Crippen LogP contribution in [-0.4, -0.2) is 11.7 Å². The van der Waals surface area contributed by atoms with E-state index in [0.29, 0.717) is 18.4 Å². The van der Waals surface area contributed by atoms with Gasteiger partial charge >= 0.3 is 5.97 Å². The number of rotatable bonds is 5. The van der Waals surface area contributed by atoms with Crippen molar-refractivity contribution >= 4 is 5.97 Å². The molecule has 0 spiro atoms. The molecule has 0 rings (SSSR count). The van der Waals surface area contributed by atoms with Crippen molar-refractivity contribution in [3.63, 3.8) is 0 Å². The van der Waals surface area contributed by atoms with E-state index >= 15 is 0 Å². The zero-order valence-electron chi connectivity index (χ0n) is 8.72. The predicted molar refractivity (Wildman–Crippen MR) is 53.0 cm³/mol. The lowest BCUT2D eigenvalue weighted by atomic mass is 10.1. The minimum absolute atomic E-state index is 0.388. The molecule has 0 bridgehead atoms. The monoisotopic (exact) mass is 185 g/mol. The number of carbonyl (C=O) groups is 1. The Balaban J connectivity index is 4.26. The zero-order chi connectivity index (χ0) is 10.5. The van der Waals surface area contributed by atoms with Gasteiger partial charge in [-0.25, -0.2) is 4.79 Å². The first-order valence-electron chi connectivity index (χ1n) is 4.63. The molecule has 76 valence electrons. The number of carbonyl (C=O) groups excluding carboxylic acids is 1. The maximum absolute atomic E-state index is 11.2. The largest absolute Gasteiger partial charge is 0.441 e. The molecule has 0 heterocycles. The standard InChI is InChI=1S/C10H19NO2/c1-5-7-10(11,6-2)13-9(12)8(3)4/h3,5-7,11H2,1-2,4H3. The van der Waals surface area contributed by atoms with E-state index < -0.39 is 11.7 Å². The summed E-state index contributed by atoms with van der Waals surface area (Å²) in [6, 6.07) is 0. The topological polar surface area (TPSA) is 52.3 Å². The highest BCUT2D eigenvalue weighted by atomic mass is 16.6. The van der Waals surface area contributed by atoms with Gasteiger partial charge in [0.05, 0.1) is 0 Å². The average Bonchev–Trinajstić information content (AvgIpc) is 2.04. The summed E-state index contributed by atoms with van der Waals surface area (Å²) >= 11 is 0. The molecule has 0 aliphatic heterocycles. The van der Waals surface area contributed by atoms with Crippen molar-refractivity contribution in [1.82, 2.24) is 0 Å². The highest BCUT2D eigenvalue weighted by Gasteiger charge is 2.26. The third kappa shape index (κ3) is 4.08. The summed E-state index contributed by atoms with van der Waals surface area (Å²) in [5.41, 5.74) is 5.44. The molecular formula is C10H19NO2. The van der Waals surface area contributed by atoms with E-state index in [4.69, 9.17) is 10.5 Å². The van der Waals surface area contributed by atoms with Gasteiger partial charge in [-0.2, -0.15) is 0 Å². The lowest BCUT2D eigenvalue weighted by Gasteiger charge is -2.27. The molecule has 2 N–H and O–H groups in total. The highest BCUT2D eigenvalue weighted by molar-refractivity contribution is 5.87. The van der Waals surface area contributed by atoms with Crippen molar-refractivity contribution in [2.24, 2.45) is 5.73 Å².